The average Bonchev–Trinajstić information content (AvgIpc) is 2.92. The maximum Gasteiger partial charge on any atom is 0.161 e. The van der Waals surface area contributed by atoms with Crippen LogP contribution in [0.3, 0.4) is 0 Å². The van der Waals surface area contributed by atoms with Gasteiger partial charge in [-0.05, 0) is 68.4 Å². The van der Waals surface area contributed by atoms with Gasteiger partial charge in [-0.15, -0.1) is 0 Å². The molecular weight excluding hydrogens is 448 g/mol. The first-order valence-electron chi connectivity index (χ1n) is 11.9. The fourth-order valence-electron chi connectivity index (χ4n) is 5.26. The highest BCUT2D eigenvalue weighted by Gasteiger charge is 2.12. The molecule has 0 unspecified atom stereocenters. The summed E-state index contributed by atoms with van der Waals surface area (Å²) in [6.07, 6.45) is 6.74. The lowest BCUT2D eigenvalue weighted by Crippen LogP contribution is -1.96. The molecule has 1 heterocycles. The van der Waals surface area contributed by atoms with Crippen molar-refractivity contribution < 1.29 is 0 Å². The molecule has 5 aromatic carbocycles. The minimum atomic E-state index is 0.442. The Morgan fingerprint density at radius 1 is 0.629 bits per heavy atom. The minimum Gasteiger partial charge on any atom is -0.228 e. The molecule has 0 atom stereocenters. The smallest absolute Gasteiger partial charge is 0.161 e. The molecule has 166 valence electrons. The summed E-state index contributed by atoms with van der Waals surface area (Å²) < 4.78 is 0. The summed E-state index contributed by atoms with van der Waals surface area (Å²) in [5, 5.41) is 7.80. The molecule has 1 aromatic heterocycles. The molecule has 1 aliphatic rings. The highest BCUT2D eigenvalue weighted by molar-refractivity contribution is 6.29. The maximum atomic E-state index is 6.50. The van der Waals surface area contributed by atoms with Crippen molar-refractivity contribution in [1.82, 2.24) is 9.97 Å². The average molecular weight is 469 g/mol. The van der Waals surface area contributed by atoms with Crippen molar-refractivity contribution in [2.45, 2.75) is 12.8 Å². The summed E-state index contributed by atoms with van der Waals surface area (Å²) >= 11 is 6.50. The molecular formula is C32H21ClN2. The van der Waals surface area contributed by atoms with E-state index in [0.29, 0.717) is 11.0 Å². The van der Waals surface area contributed by atoms with Gasteiger partial charge in [0.1, 0.15) is 5.15 Å². The fourth-order valence-corrected chi connectivity index (χ4v) is 5.44. The number of aromatic nitrogens is 2. The topological polar surface area (TPSA) is 25.8 Å². The van der Waals surface area contributed by atoms with Crippen LogP contribution >= 0.6 is 11.6 Å². The van der Waals surface area contributed by atoms with Crippen molar-refractivity contribution in [2.24, 2.45) is 0 Å². The first kappa shape index (κ1) is 20.4. The van der Waals surface area contributed by atoms with Crippen molar-refractivity contribution in [2.75, 3.05) is 0 Å². The second kappa shape index (κ2) is 8.04. The number of allylic oxidation sites excluding steroid dienone is 1. The van der Waals surface area contributed by atoms with Gasteiger partial charge in [0, 0.05) is 17.2 Å². The third kappa shape index (κ3) is 3.50. The Morgan fingerprint density at radius 2 is 1.37 bits per heavy atom. The van der Waals surface area contributed by atoms with E-state index in [1.165, 1.54) is 38.1 Å². The van der Waals surface area contributed by atoms with E-state index in [1.807, 2.05) is 6.07 Å². The summed E-state index contributed by atoms with van der Waals surface area (Å²) in [5.74, 6) is 0.635. The predicted octanol–water partition coefficient (Wildman–Crippen LogP) is 8.88. The Morgan fingerprint density at radius 3 is 2.34 bits per heavy atom. The zero-order chi connectivity index (χ0) is 23.4. The van der Waals surface area contributed by atoms with E-state index in [9.17, 15) is 0 Å². The molecule has 0 amide bonds. The lowest BCUT2D eigenvalue weighted by molar-refractivity contribution is 0.990. The zero-order valence-electron chi connectivity index (χ0n) is 19.0. The summed E-state index contributed by atoms with van der Waals surface area (Å²) in [4.78, 5) is 9.49. The van der Waals surface area contributed by atoms with E-state index < -0.39 is 0 Å². The van der Waals surface area contributed by atoms with Crippen LogP contribution in [0.25, 0.3) is 61.0 Å². The third-order valence-electron chi connectivity index (χ3n) is 7.01. The molecule has 6 aromatic rings. The van der Waals surface area contributed by atoms with Crippen LogP contribution in [0.4, 0.5) is 0 Å². The Hall–Kier alpha value is -4.01. The normalized spacial score (nSPS) is 12.9. The highest BCUT2D eigenvalue weighted by atomic mass is 35.5. The van der Waals surface area contributed by atoms with Crippen LogP contribution in [0.1, 0.15) is 17.5 Å². The van der Waals surface area contributed by atoms with Crippen LogP contribution in [0.5, 0.6) is 0 Å². The molecule has 0 aliphatic heterocycles. The Kier molecular flexibility index (Phi) is 4.68. The van der Waals surface area contributed by atoms with Gasteiger partial charge < -0.3 is 0 Å². The molecule has 0 spiro atoms. The maximum absolute atomic E-state index is 6.50. The summed E-state index contributed by atoms with van der Waals surface area (Å²) in [6.45, 7) is 0. The van der Waals surface area contributed by atoms with Crippen LogP contribution in [0, 0.1) is 0 Å². The van der Waals surface area contributed by atoms with Gasteiger partial charge in [0.25, 0.3) is 0 Å². The van der Waals surface area contributed by atoms with E-state index in [1.54, 1.807) is 0 Å². The minimum absolute atomic E-state index is 0.442. The molecule has 35 heavy (non-hydrogen) atoms. The second-order valence-electron chi connectivity index (χ2n) is 9.14. The van der Waals surface area contributed by atoms with Gasteiger partial charge in [-0.25, -0.2) is 9.97 Å². The molecule has 0 bridgehead atoms. The Balaban J connectivity index is 1.34. The van der Waals surface area contributed by atoms with E-state index in [0.717, 1.165) is 35.0 Å². The van der Waals surface area contributed by atoms with Crippen LogP contribution in [0.15, 0.2) is 97.1 Å². The number of hydrogen-bond donors (Lipinski definition) is 0. The quantitative estimate of drug-likeness (QED) is 0.187. The van der Waals surface area contributed by atoms with Crippen molar-refractivity contribution in [3.8, 4) is 22.6 Å². The molecule has 0 N–H and O–H groups in total. The van der Waals surface area contributed by atoms with Gasteiger partial charge in [-0.2, -0.15) is 0 Å². The van der Waals surface area contributed by atoms with E-state index in [2.05, 4.69) is 102 Å². The van der Waals surface area contributed by atoms with Gasteiger partial charge in [0.2, 0.25) is 0 Å². The number of fused-ring (bicyclic) bond motifs is 6. The monoisotopic (exact) mass is 468 g/mol. The van der Waals surface area contributed by atoms with Crippen LogP contribution in [0.2, 0.25) is 5.15 Å². The van der Waals surface area contributed by atoms with Crippen molar-refractivity contribution in [3.63, 3.8) is 0 Å². The largest absolute Gasteiger partial charge is 0.228 e. The SMILES string of the molecule is Clc1cc(-c2ccc3c4c(ccc3c2)CCC=C4)nc(-c2ccc3c(ccc4ccccc43)c2)n1. The third-order valence-corrected chi connectivity index (χ3v) is 7.20. The summed E-state index contributed by atoms with van der Waals surface area (Å²) in [6, 6.07) is 32.0. The number of aryl methyl sites for hydroxylation is 1. The van der Waals surface area contributed by atoms with Crippen LogP contribution in [-0.4, -0.2) is 9.97 Å². The molecule has 0 fully saturated rings. The number of nitrogens with zero attached hydrogens (tertiary/aromatic N) is 2. The van der Waals surface area contributed by atoms with E-state index in [-0.39, 0.29) is 0 Å². The summed E-state index contributed by atoms with van der Waals surface area (Å²) in [7, 11) is 0. The number of halogens is 1. The van der Waals surface area contributed by atoms with Gasteiger partial charge in [-0.1, -0.05) is 96.5 Å². The second-order valence-corrected chi connectivity index (χ2v) is 9.52. The zero-order valence-corrected chi connectivity index (χ0v) is 19.8. The fraction of sp³-hybridized carbons (Fsp3) is 0.0625. The number of benzene rings is 5. The molecule has 0 radical (unpaired) electrons. The number of rotatable bonds is 2. The molecule has 7 rings (SSSR count). The van der Waals surface area contributed by atoms with Crippen molar-refractivity contribution >= 4 is 50.0 Å². The lowest BCUT2D eigenvalue weighted by atomic mass is 9.91. The molecule has 2 nitrogen and oxygen atoms in total. The van der Waals surface area contributed by atoms with Crippen LogP contribution < -0.4 is 0 Å². The summed E-state index contributed by atoms with van der Waals surface area (Å²) in [5.41, 5.74) is 5.58. The molecule has 3 heteroatoms. The number of hydrogen-bond acceptors (Lipinski definition) is 2. The first-order chi connectivity index (χ1) is 17.2. The molecule has 0 saturated carbocycles. The predicted molar refractivity (Wildman–Crippen MR) is 148 cm³/mol. The van der Waals surface area contributed by atoms with Crippen LogP contribution in [-0.2, 0) is 6.42 Å². The standard InChI is InChI=1S/C32H21ClN2/c33-31-19-30(24-13-15-28-22(17-24)11-9-20-5-1-3-7-26(20)28)34-32(35-31)25-14-16-29-23(18-25)12-10-21-6-2-4-8-27(21)29/h2-4,6-19H,1,5H2. The highest BCUT2D eigenvalue weighted by Crippen LogP contribution is 2.33. The Bertz CT molecular complexity index is 1820. The van der Waals surface area contributed by atoms with E-state index >= 15 is 0 Å². The van der Waals surface area contributed by atoms with E-state index in [4.69, 9.17) is 16.6 Å². The van der Waals surface area contributed by atoms with Crippen molar-refractivity contribution in [3.05, 3.63) is 113 Å². The molecule has 0 saturated heterocycles. The van der Waals surface area contributed by atoms with Gasteiger partial charge in [-0.3, -0.25) is 0 Å². The van der Waals surface area contributed by atoms with Gasteiger partial charge in [0.05, 0.1) is 5.69 Å². The Labute approximate surface area is 208 Å². The molecule has 1 aliphatic carbocycles. The van der Waals surface area contributed by atoms with Crippen molar-refractivity contribution in [1.29, 1.82) is 0 Å². The first-order valence-corrected chi connectivity index (χ1v) is 12.3. The van der Waals surface area contributed by atoms with Gasteiger partial charge in [0.15, 0.2) is 5.82 Å². The lowest BCUT2D eigenvalue weighted by Gasteiger charge is -2.14. The van der Waals surface area contributed by atoms with Gasteiger partial charge >= 0.3 is 0 Å².